The number of carbonyl (C=O) groups is 1. The molecule has 1 aliphatic carbocycles. The Hall–Kier alpha value is -3.21. The summed E-state index contributed by atoms with van der Waals surface area (Å²) in [4.78, 5) is 21.0. The number of benzene rings is 1. The first-order valence-electron chi connectivity index (χ1n) is 10.6. The molecule has 154 valence electrons. The molecule has 1 aromatic carbocycles. The van der Waals surface area contributed by atoms with Gasteiger partial charge in [-0.05, 0) is 48.1 Å². The average Bonchev–Trinajstić information content (AvgIpc) is 2.83. The fraction of sp³-hybridized carbons (Fsp3) is 0.320. The highest BCUT2D eigenvalue weighted by Crippen LogP contribution is 2.32. The number of aromatic nitrogens is 2. The van der Waals surface area contributed by atoms with Gasteiger partial charge in [0, 0.05) is 6.20 Å². The summed E-state index contributed by atoms with van der Waals surface area (Å²) in [5.74, 6) is 0.247. The third-order valence-corrected chi connectivity index (χ3v) is 5.58. The van der Waals surface area contributed by atoms with E-state index in [-0.39, 0.29) is 6.61 Å². The highest BCUT2D eigenvalue weighted by Gasteiger charge is 2.15. The molecule has 0 bridgehead atoms. The van der Waals surface area contributed by atoms with Crippen molar-refractivity contribution in [2.75, 3.05) is 5.32 Å². The molecule has 0 amide bonds. The number of rotatable bonds is 7. The maximum Gasteiger partial charge on any atom is 0.357 e. The summed E-state index contributed by atoms with van der Waals surface area (Å²) >= 11 is 0. The van der Waals surface area contributed by atoms with Gasteiger partial charge in [0.2, 0.25) is 0 Å². The van der Waals surface area contributed by atoms with Crippen LogP contribution >= 0.6 is 0 Å². The molecule has 0 saturated heterocycles. The van der Waals surface area contributed by atoms with Gasteiger partial charge in [0.05, 0.1) is 24.1 Å². The molecule has 0 unspecified atom stereocenters. The van der Waals surface area contributed by atoms with Crippen LogP contribution in [-0.4, -0.2) is 15.9 Å². The maximum absolute atomic E-state index is 12.2. The van der Waals surface area contributed by atoms with Crippen LogP contribution < -0.4 is 5.32 Å². The first kappa shape index (κ1) is 20.1. The van der Waals surface area contributed by atoms with E-state index in [0.717, 1.165) is 16.9 Å². The van der Waals surface area contributed by atoms with E-state index in [9.17, 15) is 4.79 Å². The standard InChI is InChI=1S/C25H27N3O2/c29-25(30-18-19-7-3-1-4-8-19)24-14-13-23(17-28-24)27-16-22-12-11-21(15-26-22)20-9-5-2-6-10-20/h1,3-4,7-8,11-15,17,20,27H,2,5-6,9-10,16,18H2. The van der Waals surface area contributed by atoms with Gasteiger partial charge in [0.1, 0.15) is 12.3 Å². The summed E-state index contributed by atoms with van der Waals surface area (Å²) in [5, 5.41) is 3.31. The summed E-state index contributed by atoms with van der Waals surface area (Å²) in [5.41, 5.74) is 4.43. The fourth-order valence-corrected chi connectivity index (χ4v) is 3.83. The van der Waals surface area contributed by atoms with Crippen molar-refractivity contribution in [3.63, 3.8) is 0 Å². The summed E-state index contributed by atoms with van der Waals surface area (Å²) in [6, 6.07) is 17.4. The zero-order valence-electron chi connectivity index (χ0n) is 17.1. The van der Waals surface area contributed by atoms with Crippen molar-refractivity contribution in [2.24, 2.45) is 0 Å². The third kappa shape index (κ3) is 5.44. The van der Waals surface area contributed by atoms with Gasteiger partial charge in [-0.3, -0.25) is 4.98 Å². The van der Waals surface area contributed by atoms with Gasteiger partial charge in [-0.15, -0.1) is 0 Å². The molecule has 1 fully saturated rings. The van der Waals surface area contributed by atoms with Crippen LogP contribution in [0, 0.1) is 0 Å². The lowest BCUT2D eigenvalue weighted by atomic mass is 9.85. The predicted octanol–water partition coefficient (Wildman–Crippen LogP) is 5.49. The SMILES string of the molecule is O=C(OCc1ccccc1)c1ccc(NCc2ccc(C3CCCCC3)cn2)cn1. The Balaban J connectivity index is 1.26. The van der Waals surface area contributed by atoms with Crippen molar-refractivity contribution in [1.82, 2.24) is 9.97 Å². The first-order valence-corrected chi connectivity index (χ1v) is 10.6. The summed E-state index contributed by atoms with van der Waals surface area (Å²) in [6.45, 7) is 0.855. The number of hydrogen-bond donors (Lipinski definition) is 1. The minimum absolute atomic E-state index is 0.240. The van der Waals surface area contributed by atoms with Gasteiger partial charge in [-0.2, -0.15) is 0 Å². The number of nitrogens with one attached hydrogen (secondary N) is 1. The zero-order valence-corrected chi connectivity index (χ0v) is 17.1. The van der Waals surface area contributed by atoms with E-state index in [2.05, 4.69) is 27.4 Å². The Kier molecular flexibility index (Phi) is 6.70. The van der Waals surface area contributed by atoms with Gasteiger partial charge < -0.3 is 10.1 Å². The topological polar surface area (TPSA) is 64.1 Å². The Bertz CT molecular complexity index is 934. The molecule has 2 heterocycles. The predicted molar refractivity (Wildman–Crippen MR) is 117 cm³/mol. The highest BCUT2D eigenvalue weighted by atomic mass is 16.5. The molecule has 1 aliphatic rings. The molecule has 30 heavy (non-hydrogen) atoms. The van der Waals surface area contributed by atoms with Crippen LogP contribution in [0.15, 0.2) is 67.0 Å². The molecule has 4 rings (SSSR count). The molecular formula is C25H27N3O2. The van der Waals surface area contributed by atoms with E-state index in [4.69, 9.17) is 4.74 Å². The second-order valence-corrected chi connectivity index (χ2v) is 7.77. The summed E-state index contributed by atoms with van der Waals surface area (Å²) < 4.78 is 5.31. The number of esters is 1. The van der Waals surface area contributed by atoms with Crippen molar-refractivity contribution in [3.8, 4) is 0 Å². The van der Waals surface area contributed by atoms with Gasteiger partial charge in [-0.1, -0.05) is 55.7 Å². The average molecular weight is 402 g/mol. The van der Waals surface area contributed by atoms with E-state index in [1.807, 2.05) is 42.6 Å². The van der Waals surface area contributed by atoms with Crippen molar-refractivity contribution in [2.45, 2.75) is 51.2 Å². The largest absolute Gasteiger partial charge is 0.456 e. The van der Waals surface area contributed by atoms with Crippen LogP contribution in [0.2, 0.25) is 0 Å². The van der Waals surface area contributed by atoms with Crippen molar-refractivity contribution < 1.29 is 9.53 Å². The molecule has 0 spiro atoms. The third-order valence-electron chi connectivity index (χ3n) is 5.58. The Morgan fingerprint density at radius 1 is 0.933 bits per heavy atom. The second-order valence-electron chi connectivity index (χ2n) is 7.77. The smallest absolute Gasteiger partial charge is 0.357 e. The molecule has 5 nitrogen and oxygen atoms in total. The number of anilines is 1. The maximum atomic E-state index is 12.2. The van der Waals surface area contributed by atoms with E-state index in [0.29, 0.717) is 18.2 Å². The van der Waals surface area contributed by atoms with Crippen LogP contribution in [0.1, 0.15) is 65.3 Å². The molecule has 0 aliphatic heterocycles. The quantitative estimate of drug-likeness (QED) is 0.530. The molecule has 5 heteroatoms. The lowest BCUT2D eigenvalue weighted by Gasteiger charge is -2.21. The first-order chi connectivity index (χ1) is 14.8. The fourth-order valence-electron chi connectivity index (χ4n) is 3.83. The van der Waals surface area contributed by atoms with Crippen LogP contribution in [0.5, 0.6) is 0 Å². The highest BCUT2D eigenvalue weighted by molar-refractivity contribution is 5.87. The van der Waals surface area contributed by atoms with Crippen LogP contribution in [-0.2, 0) is 17.9 Å². The van der Waals surface area contributed by atoms with Gasteiger partial charge in [-0.25, -0.2) is 9.78 Å². The van der Waals surface area contributed by atoms with Crippen molar-refractivity contribution in [3.05, 3.63) is 89.5 Å². The molecule has 1 saturated carbocycles. The van der Waals surface area contributed by atoms with Gasteiger partial charge in [0.25, 0.3) is 0 Å². The lowest BCUT2D eigenvalue weighted by molar-refractivity contribution is 0.0466. The monoisotopic (exact) mass is 401 g/mol. The normalized spacial score (nSPS) is 14.3. The second kappa shape index (κ2) is 10.0. The minimum Gasteiger partial charge on any atom is -0.456 e. The Morgan fingerprint density at radius 2 is 1.77 bits per heavy atom. The number of hydrogen-bond acceptors (Lipinski definition) is 5. The summed E-state index contributed by atoms with van der Waals surface area (Å²) in [6.07, 6.45) is 10.3. The lowest BCUT2D eigenvalue weighted by Crippen LogP contribution is -2.08. The van der Waals surface area contributed by atoms with Crippen molar-refractivity contribution >= 4 is 11.7 Å². The Morgan fingerprint density at radius 3 is 2.47 bits per heavy atom. The molecule has 1 N–H and O–H groups in total. The molecule has 0 atom stereocenters. The van der Waals surface area contributed by atoms with E-state index in [1.54, 1.807) is 12.3 Å². The number of nitrogens with zero attached hydrogens (tertiary/aromatic N) is 2. The van der Waals surface area contributed by atoms with Gasteiger partial charge >= 0.3 is 5.97 Å². The van der Waals surface area contributed by atoms with E-state index >= 15 is 0 Å². The van der Waals surface area contributed by atoms with Crippen molar-refractivity contribution in [1.29, 1.82) is 0 Å². The van der Waals surface area contributed by atoms with Crippen LogP contribution in [0.3, 0.4) is 0 Å². The van der Waals surface area contributed by atoms with Gasteiger partial charge in [0.15, 0.2) is 0 Å². The molecule has 2 aromatic heterocycles. The number of ether oxygens (including phenoxy) is 1. The molecule has 3 aromatic rings. The number of carbonyl (C=O) groups excluding carboxylic acids is 1. The van der Waals surface area contributed by atoms with Crippen LogP contribution in [0.25, 0.3) is 0 Å². The van der Waals surface area contributed by atoms with E-state index < -0.39 is 5.97 Å². The van der Waals surface area contributed by atoms with E-state index in [1.165, 1.54) is 37.7 Å². The minimum atomic E-state index is -0.426. The molecule has 0 radical (unpaired) electrons. The van der Waals surface area contributed by atoms with Crippen LogP contribution in [0.4, 0.5) is 5.69 Å². The zero-order chi connectivity index (χ0) is 20.6. The summed E-state index contributed by atoms with van der Waals surface area (Å²) in [7, 11) is 0. The molecular weight excluding hydrogens is 374 g/mol. The number of pyridine rings is 2. The Labute approximate surface area is 177 Å².